The van der Waals surface area contributed by atoms with Crippen LogP contribution in [0.25, 0.3) is 0 Å². The van der Waals surface area contributed by atoms with Gasteiger partial charge in [0, 0.05) is 37.8 Å². The van der Waals surface area contributed by atoms with Crippen LogP contribution in [0.2, 0.25) is 18.1 Å². The number of likely N-dealkylation sites (tertiary alicyclic amines) is 1. The minimum absolute atomic E-state index is 0.180. The minimum atomic E-state index is -1.68. The van der Waals surface area contributed by atoms with E-state index < -0.39 is 8.32 Å². The van der Waals surface area contributed by atoms with Gasteiger partial charge in [-0.2, -0.15) is 0 Å². The van der Waals surface area contributed by atoms with Crippen LogP contribution in [0.1, 0.15) is 41.5 Å². The molecule has 1 N–H and O–H groups in total. The lowest BCUT2D eigenvalue weighted by Gasteiger charge is -2.37. The quantitative estimate of drug-likeness (QED) is 0.808. The van der Waals surface area contributed by atoms with Gasteiger partial charge >= 0.3 is 0 Å². The van der Waals surface area contributed by atoms with Crippen LogP contribution >= 0.6 is 0 Å². The Hall–Kier alpha value is 0.0969. The van der Waals surface area contributed by atoms with Crippen LogP contribution in [0, 0.1) is 11.8 Å². The summed E-state index contributed by atoms with van der Waals surface area (Å²) >= 11 is 0. The number of aliphatic hydroxyl groups is 1. The summed E-state index contributed by atoms with van der Waals surface area (Å²) in [7, 11) is -1.68. The van der Waals surface area contributed by atoms with E-state index in [1.54, 1.807) is 0 Å². The maximum atomic E-state index is 9.64. The number of hydrogen-bond donors (Lipinski definition) is 1. The molecular formula is C16H35NO2Si. The van der Waals surface area contributed by atoms with Gasteiger partial charge in [-0.15, -0.1) is 0 Å². The fraction of sp³-hybridized carbons (Fsp3) is 1.00. The molecule has 0 aliphatic carbocycles. The molecule has 0 bridgehead atoms. The molecule has 1 fully saturated rings. The maximum Gasteiger partial charge on any atom is 0.191 e. The molecule has 0 aromatic carbocycles. The highest BCUT2D eigenvalue weighted by molar-refractivity contribution is 6.74. The van der Waals surface area contributed by atoms with Gasteiger partial charge in [0.25, 0.3) is 0 Å². The van der Waals surface area contributed by atoms with Crippen molar-refractivity contribution in [2.75, 3.05) is 26.3 Å². The molecule has 1 aliphatic heterocycles. The molecule has 1 aliphatic rings. The summed E-state index contributed by atoms with van der Waals surface area (Å²) < 4.78 is 6.37. The highest BCUT2D eigenvalue weighted by atomic mass is 28.4. The summed E-state index contributed by atoms with van der Waals surface area (Å²) in [6.45, 7) is 21.3. The first kappa shape index (κ1) is 18.1. The first-order valence-corrected chi connectivity index (χ1v) is 10.8. The van der Waals surface area contributed by atoms with Crippen LogP contribution < -0.4 is 0 Å². The van der Waals surface area contributed by atoms with E-state index in [0.717, 1.165) is 19.7 Å². The largest absolute Gasteiger partial charge is 0.416 e. The molecule has 120 valence electrons. The molecule has 4 heteroatoms. The van der Waals surface area contributed by atoms with Crippen molar-refractivity contribution >= 4 is 8.32 Å². The van der Waals surface area contributed by atoms with E-state index >= 15 is 0 Å². The third-order valence-electron chi connectivity index (χ3n) is 5.22. The van der Waals surface area contributed by atoms with E-state index in [4.69, 9.17) is 4.43 Å². The lowest BCUT2D eigenvalue weighted by atomic mass is 9.98. The summed E-state index contributed by atoms with van der Waals surface area (Å²) in [5.41, 5.74) is 0.180. The Labute approximate surface area is 126 Å². The summed E-state index contributed by atoms with van der Waals surface area (Å²) in [5, 5.41) is 9.89. The van der Waals surface area contributed by atoms with E-state index in [0.29, 0.717) is 11.8 Å². The van der Waals surface area contributed by atoms with Crippen LogP contribution in [-0.4, -0.2) is 50.2 Å². The van der Waals surface area contributed by atoms with Crippen LogP contribution in [0.5, 0.6) is 0 Å². The average molecular weight is 302 g/mol. The molecule has 0 radical (unpaired) electrons. The third kappa shape index (κ3) is 4.29. The van der Waals surface area contributed by atoms with Gasteiger partial charge in [-0.3, -0.25) is 4.90 Å². The van der Waals surface area contributed by atoms with Crippen molar-refractivity contribution in [2.24, 2.45) is 11.8 Å². The zero-order valence-corrected chi connectivity index (χ0v) is 15.8. The third-order valence-corrected chi connectivity index (χ3v) is 9.72. The number of hydrogen-bond acceptors (Lipinski definition) is 3. The molecule has 2 unspecified atom stereocenters. The SMILES string of the molecule is CC(C)(C)N1CC(CO)C(CO[Si](C)(C)C(C)(C)C)C1. The lowest BCUT2D eigenvalue weighted by molar-refractivity contribution is 0.154. The Kier molecular flexibility index (Phi) is 5.51. The topological polar surface area (TPSA) is 32.7 Å². The standard InChI is InChI=1S/C16H35NO2Si/c1-15(2,3)17-9-13(11-18)14(10-17)12-19-20(7,8)16(4,5)6/h13-14,18H,9-12H2,1-8H3. The molecule has 0 aromatic rings. The molecule has 2 atom stereocenters. The van der Waals surface area contributed by atoms with Gasteiger partial charge in [-0.25, -0.2) is 0 Å². The molecule has 0 saturated carbocycles. The molecule has 0 aromatic heterocycles. The molecular weight excluding hydrogens is 266 g/mol. The Bertz CT molecular complexity index is 317. The lowest BCUT2D eigenvalue weighted by Crippen LogP contribution is -2.43. The second-order valence-corrected chi connectivity index (χ2v) is 13.7. The Morgan fingerprint density at radius 2 is 1.55 bits per heavy atom. The van der Waals surface area contributed by atoms with Crippen LogP contribution in [0.3, 0.4) is 0 Å². The van der Waals surface area contributed by atoms with Gasteiger partial charge in [-0.05, 0) is 44.8 Å². The smallest absolute Gasteiger partial charge is 0.191 e. The normalized spacial score (nSPS) is 26.2. The highest BCUT2D eigenvalue weighted by Crippen LogP contribution is 2.38. The summed E-state index contributed by atoms with van der Waals surface area (Å²) in [6.07, 6.45) is 0. The Balaban J connectivity index is 2.64. The fourth-order valence-electron chi connectivity index (χ4n) is 2.41. The number of aliphatic hydroxyl groups excluding tert-OH is 1. The highest BCUT2D eigenvalue weighted by Gasteiger charge is 2.41. The zero-order chi connectivity index (χ0) is 15.8. The summed E-state index contributed by atoms with van der Waals surface area (Å²) in [6, 6.07) is 0. The molecule has 0 amide bonds. The van der Waals surface area contributed by atoms with Gasteiger partial charge in [0.2, 0.25) is 0 Å². The second kappa shape index (κ2) is 6.07. The van der Waals surface area contributed by atoms with Gasteiger partial charge in [0.15, 0.2) is 8.32 Å². The van der Waals surface area contributed by atoms with Crippen molar-refractivity contribution in [1.29, 1.82) is 0 Å². The Morgan fingerprint density at radius 1 is 1.05 bits per heavy atom. The van der Waals surface area contributed by atoms with Crippen molar-refractivity contribution in [3.8, 4) is 0 Å². The van der Waals surface area contributed by atoms with Crippen molar-refractivity contribution in [3.63, 3.8) is 0 Å². The summed E-state index contributed by atoms with van der Waals surface area (Å²) in [5.74, 6) is 0.826. The van der Waals surface area contributed by atoms with E-state index in [-0.39, 0.29) is 17.2 Å². The molecule has 1 saturated heterocycles. The van der Waals surface area contributed by atoms with Crippen LogP contribution in [0.4, 0.5) is 0 Å². The van der Waals surface area contributed by atoms with Gasteiger partial charge in [0.1, 0.15) is 0 Å². The average Bonchev–Trinajstić information content (AvgIpc) is 2.67. The predicted molar refractivity (Wildman–Crippen MR) is 88.5 cm³/mol. The maximum absolute atomic E-state index is 9.64. The van der Waals surface area contributed by atoms with E-state index in [2.05, 4.69) is 59.5 Å². The van der Waals surface area contributed by atoms with Gasteiger partial charge in [-0.1, -0.05) is 20.8 Å². The number of nitrogens with zero attached hydrogens (tertiary/aromatic N) is 1. The van der Waals surface area contributed by atoms with Crippen molar-refractivity contribution in [1.82, 2.24) is 4.90 Å². The Morgan fingerprint density at radius 3 is 1.95 bits per heavy atom. The van der Waals surface area contributed by atoms with E-state index in [1.807, 2.05) is 0 Å². The molecule has 3 nitrogen and oxygen atoms in total. The van der Waals surface area contributed by atoms with E-state index in [1.165, 1.54) is 0 Å². The van der Waals surface area contributed by atoms with Gasteiger partial charge < -0.3 is 9.53 Å². The summed E-state index contributed by atoms with van der Waals surface area (Å²) in [4.78, 5) is 2.48. The molecule has 1 heterocycles. The van der Waals surface area contributed by atoms with Gasteiger partial charge in [0.05, 0.1) is 0 Å². The predicted octanol–water partition coefficient (Wildman–Crippen LogP) is 3.35. The first-order chi connectivity index (χ1) is 8.88. The molecule has 1 rings (SSSR count). The zero-order valence-electron chi connectivity index (χ0n) is 14.8. The van der Waals surface area contributed by atoms with Crippen LogP contribution in [0.15, 0.2) is 0 Å². The van der Waals surface area contributed by atoms with Crippen LogP contribution in [-0.2, 0) is 4.43 Å². The minimum Gasteiger partial charge on any atom is -0.416 e. The second-order valence-electron chi connectivity index (χ2n) is 8.85. The van der Waals surface area contributed by atoms with E-state index in [9.17, 15) is 5.11 Å². The van der Waals surface area contributed by atoms with Crippen molar-refractivity contribution < 1.29 is 9.53 Å². The molecule has 20 heavy (non-hydrogen) atoms. The fourth-order valence-corrected chi connectivity index (χ4v) is 3.48. The molecule has 0 spiro atoms. The monoisotopic (exact) mass is 301 g/mol. The van der Waals surface area contributed by atoms with Crippen molar-refractivity contribution in [3.05, 3.63) is 0 Å². The number of rotatable bonds is 4. The first-order valence-electron chi connectivity index (χ1n) is 7.88. The van der Waals surface area contributed by atoms with Crippen molar-refractivity contribution in [2.45, 2.75) is 65.2 Å².